The van der Waals surface area contributed by atoms with Gasteiger partial charge < -0.3 is 4.74 Å². The van der Waals surface area contributed by atoms with Crippen LogP contribution in [0.15, 0.2) is 33.5 Å². The van der Waals surface area contributed by atoms with Crippen LogP contribution >= 0.6 is 0 Å². The molecular formula is C19H31NO. The Kier molecular flexibility index (Phi) is 6.98. The summed E-state index contributed by atoms with van der Waals surface area (Å²) in [7, 11) is 0. The minimum Gasteiger partial charge on any atom is -0.467 e. The maximum atomic E-state index is 6.04. The van der Waals surface area contributed by atoms with Crippen molar-refractivity contribution in [2.45, 2.75) is 79.2 Å². The van der Waals surface area contributed by atoms with Gasteiger partial charge in [-0.2, -0.15) is 0 Å². The van der Waals surface area contributed by atoms with Gasteiger partial charge >= 0.3 is 0 Å². The molecule has 0 radical (unpaired) electrons. The normalized spacial score (nSPS) is 18.2. The molecule has 118 valence electrons. The molecule has 1 heterocycles. The standard InChI is InChI=1S/C19H31NO/c1-7-9-11-16(13-15(3)4)17-14-18(20-12-10-8-2)21-19(17,5)6/h14H,7-12H2,1-6H3. The summed E-state index contributed by atoms with van der Waals surface area (Å²) in [6.45, 7) is 13.7. The fraction of sp³-hybridized carbons (Fsp3) is 0.684. The van der Waals surface area contributed by atoms with Crippen LogP contribution < -0.4 is 0 Å². The summed E-state index contributed by atoms with van der Waals surface area (Å²) in [4.78, 5) is 4.57. The van der Waals surface area contributed by atoms with Crippen molar-refractivity contribution < 1.29 is 4.74 Å². The van der Waals surface area contributed by atoms with E-state index in [-0.39, 0.29) is 5.60 Å². The van der Waals surface area contributed by atoms with Crippen LogP contribution in [0.25, 0.3) is 0 Å². The fourth-order valence-corrected chi connectivity index (χ4v) is 2.44. The fourth-order valence-electron chi connectivity index (χ4n) is 2.44. The van der Waals surface area contributed by atoms with Crippen molar-refractivity contribution in [2.75, 3.05) is 6.54 Å². The SMILES string of the molecule is CCCCN=C1C=C(C(=C=C(C)C)CCCC)C(C)(C)O1. The van der Waals surface area contributed by atoms with Gasteiger partial charge in [-0.05, 0) is 52.5 Å². The first-order valence-electron chi connectivity index (χ1n) is 8.29. The van der Waals surface area contributed by atoms with Gasteiger partial charge in [-0.3, -0.25) is 4.99 Å². The first-order chi connectivity index (χ1) is 9.90. The summed E-state index contributed by atoms with van der Waals surface area (Å²) < 4.78 is 6.04. The Morgan fingerprint density at radius 2 is 1.86 bits per heavy atom. The molecular weight excluding hydrogens is 258 g/mol. The highest BCUT2D eigenvalue weighted by atomic mass is 16.5. The topological polar surface area (TPSA) is 21.6 Å². The van der Waals surface area contributed by atoms with E-state index < -0.39 is 0 Å². The van der Waals surface area contributed by atoms with Crippen molar-refractivity contribution >= 4 is 5.90 Å². The van der Waals surface area contributed by atoms with Crippen molar-refractivity contribution in [2.24, 2.45) is 4.99 Å². The summed E-state index contributed by atoms with van der Waals surface area (Å²) in [6, 6.07) is 0. The third kappa shape index (κ3) is 5.55. The van der Waals surface area contributed by atoms with Crippen molar-refractivity contribution in [3.8, 4) is 0 Å². The van der Waals surface area contributed by atoms with Gasteiger partial charge in [0.1, 0.15) is 5.60 Å². The van der Waals surface area contributed by atoms with E-state index in [0.717, 1.165) is 31.7 Å². The molecule has 0 aliphatic carbocycles. The number of rotatable bonds is 7. The molecule has 0 aromatic rings. The van der Waals surface area contributed by atoms with Crippen LogP contribution in [0.4, 0.5) is 0 Å². The predicted octanol–water partition coefficient (Wildman–Crippen LogP) is 5.60. The predicted molar refractivity (Wildman–Crippen MR) is 91.9 cm³/mol. The Labute approximate surface area is 130 Å². The zero-order valence-electron chi connectivity index (χ0n) is 14.7. The zero-order chi connectivity index (χ0) is 15.9. The largest absolute Gasteiger partial charge is 0.467 e. The molecule has 0 aromatic heterocycles. The molecule has 1 aliphatic rings. The van der Waals surface area contributed by atoms with Gasteiger partial charge in [-0.1, -0.05) is 26.7 Å². The van der Waals surface area contributed by atoms with Crippen LogP contribution in [0, 0.1) is 0 Å². The number of nitrogens with zero attached hydrogens (tertiary/aromatic N) is 1. The van der Waals surface area contributed by atoms with Crippen molar-refractivity contribution in [3.05, 3.63) is 28.5 Å². The molecule has 1 aliphatic heterocycles. The van der Waals surface area contributed by atoms with Gasteiger partial charge in [0.05, 0.1) is 0 Å². The second kappa shape index (κ2) is 8.24. The molecule has 2 nitrogen and oxygen atoms in total. The lowest BCUT2D eigenvalue weighted by molar-refractivity contribution is 0.151. The molecule has 0 fully saturated rings. The van der Waals surface area contributed by atoms with Crippen LogP contribution in [0.2, 0.25) is 0 Å². The van der Waals surface area contributed by atoms with Crippen molar-refractivity contribution in [3.63, 3.8) is 0 Å². The van der Waals surface area contributed by atoms with Gasteiger partial charge in [0.25, 0.3) is 0 Å². The third-order valence-corrected chi connectivity index (χ3v) is 3.56. The minimum absolute atomic E-state index is 0.295. The van der Waals surface area contributed by atoms with E-state index in [1.807, 2.05) is 0 Å². The lowest BCUT2D eigenvalue weighted by Crippen LogP contribution is -2.24. The maximum Gasteiger partial charge on any atom is 0.209 e. The number of ether oxygens (including phenoxy) is 1. The second-order valence-corrected chi connectivity index (χ2v) is 6.45. The zero-order valence-corrected chi connectivity index (χ0v) is 14.7. The molecule has 2 heteroatoms. The Balaban J connectivity index is 3.07. The molecule has 0 atom stereocenters. The summed E-state index contributed by atoms with van der Waals surface area (Å²) in [5.74, 6) is 0.785. The first-order valence-corrected chi connectivity index (χ1v) is 8.29. The molecule has 0 bridgehead atoms. The summed E-state index contributed by atoms with van der Waals surface area (Å²) in [6.07, 6.45) is 7.84. The number of unbranched alkanes of at least 4 members (excludes halogenated alkanes) is 2. The van der Waals surface area contributed by atoms with E-state index in [0.29, 0.717) is 0 Å². The van der Waals surface area contributed by atoms with Gasteiger partial charge in [0.2, 0.25) is 5.90 Å². The van der Waals surface area contributed by atoms with Crippen LogP contribution in [-0.2, 0) is 4.74 Å². The summed E-state index contributed by atoms with van der Waals surface area (Å²) in [5, 5.41) is 0. The van der Waals surface area contributed by atoms with E-state index in [9.17, 15) is 0 Å². The lowest BCUT2D eigenvalue weighted by Gasteiger charge is -2.23. The van der Waals surface area contributed by atoms with E-state index >= 15 is 0 Å². The molecule has 0 aromatic carbocycles. The molecule has 0 N–H and O–H groups in total. The minimum atomic E-state index is -0.295. The Morgan fingerprint density at radius 1 is 1.19 bits per heavy atom. The molecule has 0 amide bonds. The van der Waals surface area contributed by atoms with Crippen LogP contribution in [-0.4, -0.2) is 18.0 Å². The average Bonchev–Trinajstić information content (AvgIpc) is 2.69. The first kappa shape index (κ1) is 17.8. The van der Waals surface area contributed by atoms with Gasteiger partial charge in [-0.25, -0.2) is 0 Å². The number of hydrogen-bond acceptors (Lipinski definition) is 2. The van der Waals surface area contributed by atoms with Gasteiger partial charge in [-0.15, -0.1) is 5.73 Å². The Bertz CT molecular complexity index is 470. The number of aliphatic imine (C=N–C) groups is 1. The molecule has 21 heavy (non-hydrogen) atoms. The summed E-state index contributed by atoms with van der Waals surface area (Å²) in [5.41, 5.74) is 6.97. The highest BCUT2D eigenvalue weighted by Gasteiger charge is 2.34. The van der Waals surface area contributed by atoms with Crippen molar-refractivity contribution in [1.29, 1.82) is 0 Å². The monoisotopic (exact) mass is 289 g/mol. The smallest absolute Gasteiger partial charge is 0.209 e. The van der Waals surface area contributed by atoms with Crippen LogP contribution in [0.5, 0.6) is 0 Å². The van der Waals surface area contributed by atoms with Gasteiger partial charge in [0, 0.05) is 23.8 Å². The Morgan fingerprint density at radius 3 is 2.43 bits per heavy atom. The number of hydrogen-bond donors (Lipinski definition) is 0. The van der Waals surface area contributed by atoms with Crippen molar-refractivity contribution in [1.82, 2.24) is 0 Å². The lowest BCUT2D eigenvalue weighted by atomic mass is 9.89. The third-order valence-electron chi connectivity index (χ3n) is 3.56. The highest BCUT2D eigenvalue weighted by molar-refractivity contribution is 5.93. The maximum absolute atomic E-state index is 6.04. The molecule has 0 spiro atoms. The second-order valence-electron chi connectivity index (χ2n) is 6.45. The highest BCUT2D eigenvalue weighted by Crippen LogP contribution is 2.35. The van der Waals surface area contributed by atoms with E-state index in [1.54, 1.807) is 0 Å². The quantitative estimate of drug-likeness (QED) is 0.441. The van der Waals surface area contributed by atoms with Crippen LogP contribution in [0.3, 0.4) is 0 Å². The average molecular weight is 289 g/mol. The molecule has 0 unspecified atom stereocenters. The van der Waals surface area contributed by atoms with Gasteiger partial charge in [0.15, 0.2) is 0 Å². The molecule has 0 saturated carbocycles. The van der Waals surface area contributed by atoms with Crippen LogP contribution in [0.1, 0.15) is 73.6 Å². The summed E-state index contributed by atoms with van der Waals surface area (Å²) >= 11 is 0. The van der Waals surface area contributed by atoms with E-state index in [1.165, 1.54) is 29.6 Å². The Hall–Kier alpha value is -1.27. The molecule has 1 rings (SSSR count). The van der Waals surface area contributed by atoms with E-state index in [4.69, 9.17) is 4.74 Å². The molecule has 0 saturated heterocycles. The van der Waals surface area contributed by atoms with E-state index in [2.05, 4.69) is 58.3 Å².